The van der Waals surface area contributed by atoms with Gasteiger partial charge < -0.3 is 15.1 Å². The molecule has 1 aromatic rings. The molecule has 0 radical (unpaired) electrons. The lowest BCUT2D eigenvalue weighted by Crippen LogP contribution is -2.51. The van der Waals surface area contributed by atoms with E-state index in [1.54, 1.807) is 37.2 Å². The third kappa shape index (κ3) is 4.14. The molecule has 0 atom stereocenters. The van der Waals surface area contributed by atoms with Crippen molar-refractivity contribution in [3.8, 4) is 0 Å². The zero-order valence-corrected chi connectivity index (χ0v) is 12.5. The summed E-state index contributed by atoms with van der Waals surface area (Å²) in [6.45, 7) is 6.32. The van der Waals surface area contributed by atoms with Gasteiger partial charge in [-0.05, 0) is 6.07 Å². The number of hydrogen-bond donors (Lipinski definition) is 1. The average molecular weight is 291 g/mol. The van der Waals surface area contributed by atoms with Crippen molar-refractivity contribution in [1.82, 2.24) is 20.2 Å². The van der Waals surface area contributed by atoms with E-state index in [0.717, 1.165) is 0 Å². The molecule has 2 amide bonds. The van der Waals surface area contributed by atoms with Crippen LogP contribution in [0.25, 0.3) is 0 Å². The lowest BCUT2D eigenvalue weighted by molar-refractivity contribution is -0.133. The molecule has 2 heterocycles. The van der Waals surface area contributed by atoms with Crippen LogP contribution in [0.5, 0.6) is 0 Å². The van der Waals surface area contributed by atoms with Crippen molar-refractivity contribution < 1.29 is 9.59 Å². The smallest absolute Gasteiger partial charge is 0.242 e. The van der Waals surface area contributed by atoms with E-state index in [4.69, 9.17) is 0 Å². The Morgan fingerprint density at radius 2 is 1.81 bits per heavy atom. The van der Waals surface area contributed by atoms with Gasteiger partial charge in [0.05, 0.1) is 6.54 Å². The molecule has 21 heavy (non-hydrogen) atoms. The largest absolute Gasteiger partial charge is 0.347 e. The summed E-state index contributed by atoms with van der Waals surface area (Å²) in [6.07, 6.45) is 3.42. The van der Waals surface area contributed by atoms with Gasteiger partial charge in [0.2, 0.25) is 17.8 Å². The third-order valence-electron chi connectivity index (χ3n) is 3.41. The molecule has 7 nitrogen and oxygen atoms in total. The number of anilines is 1. The maximum Gasteiger partial charge on any atom is 0.242 e. The van der Waals surface area contributed by atoms with E-state index in [-0.39, 0.29) is 24.3 Å². The van der Waals surface area contributed by atoms with Crippen molar-refractivity contribution in [2.75, 3.05) is 37.6 Å². The molecule has 1 saturated heterocycles. The Balaban J connectivity index is 1.78. The fourth-order valence-electron chi connectivity index (χ4n) is 2.09. The normalized spacial score (nSPS) is 15.2. The van der Waals surface area contributed by atoms with E-state index in [1.807, 2.05) is 0 Å². The van der Waals surface area contributed by atoms with Crippen molar-refractivity contribution in [2.24, 2.45) is 5.92 Å². The van der Waals surface area contributed by atoms with Gasteiger partial charge in [-0.1, -0.05) is 13.8 Å². The number of amides is 2. The van der Waals surface area contributed by atoms with Gasteiger partial charge in [-0.3, -0.25) is 9.59 Å². The highest BCUT2D eigenvalue weighted by Crippen LogP contribution is 2.09. The fourth-order valence-corrected chi connectivity index (χ4v) is 2.09. The number of rotatable bonds is 4. The van der Waals surface area contributed by atoms with E-state index in [0.29, 0.717) is 32.1 Å². The second kappa shape index (κ2) is 7.01. The topological polar surface area (TPSA) is 78.4 Å². The molecule has 1 aliphatic rings. The molecule has 0 bridgehead atoms. The van der Waals surface area contributed by atoms with Crippen molar-refractivity contribution in [3.63, 3.8) is 0 Å². The summed E-state index contributed by atoms with van der Waals surface area (Å²) in [7, 11) is 0. The first-order chi connectivity index (χ1) is 10.1. The Morgan fingerprint density at radius 1 is 1.19 bits per heavy atom. The van der Waals surface area contributed by atoms with Gasteiger partial charge >= 0.3 is 0 Å². The van der Waals surface area contributed by atoms with Crippen LogP contribution in [0.4, 0.5) is 5.95 Å². The maximum absolute atomic E-state index is 12.0. The Kier molecular flexibility index (Phi) is 5.08. The van der Waals surface area contributed by atoms with Gasteiger partial charge in [-0.25, -0.2) is 9.97 Å². The van der Waals surface area contributed by atoms with Crippen LogP contribution in [0.15, 0.2) is 18.5 Å². The summed E-state index contributed by atoms with van der Waals surface area (Å²) in [5, 5.41) is 2.65. The number of hydrogen-bond acceptors (Lipinski definition) is 5. The number of carbonyl (C=O) groups excluding carboxylic acids is 2. The predicted molar refractivity (Wildman–Crippen MR) is 78.7 cm³/mol. The minimum absolute atomic E-state index is 0.0439. The molecule has 0 unspecified atom stereocenters. The number of aromatic nitrogens is 2. The molecule has 0 aliphatic carbocycles. The summed E-state index contributed by atoms with van der Waals surface area (Å²) in [4.78, 5) is 35.7. The van der Waals surface area contributed by atoms with Crippen LogP contribution in [0.3, 0.4) is 0 Å². The quantitative estimate of drug-likeness (QED) is 0.838. The highest BCUT2D eigenvalue weighted by Gasteiger charge is 2.22. The summed E-state index contributed by atoms with van der Waals surface area (Å²) < 4.78 is 0. The van der Waals surface area contributed by atoms with Gasteiger partial charge in [0.15, 0.2) is 0 Å². The summed E-state index contributed by atoms with van der Waals surface area (Å²) in [5.74, 6) is 0.444. The Hall–Kier alpha value is -2.18. The van der Waals surface area contributed by atoms with Crippen LogP contribution in [0.1, 0.15) is 13.8 Å². The van der Waals surface area contributed by atoms with Crippen molar-refractivity contribution in [3.05, 3.63) is 18.5 Å². The van der Waals surface area contributed by atoms with E-state index in [1.165, 1.54) is 0 Å². The Labute approximate surface area is 124 Å². The summed E-state index contributed by atoms with van der Waals surface area (Å²) >= 11 is 0. The van der Waals surface area contributed by atoms with Crippen LogP contribution in [-0.2, 0) is 9.59 Å². The number of carbonyl (C=O) groups is 2. The van der Waals surface area contributed by atoms with Gasteiger partial charge in [-0.2, -0.15) is 0 Å². The first kappa shape index (κ1) is 15.2. The van der Waals surface area contributed by atoms with Crippen molar-refractivity contribution >= 4 is 17.8 Å². The van der Waals surface area contributed by atoms with Crippen LogP contribution in [0, 0.1) is 5.92 Å². The molecule has 0 aromatic carbocycles. The summed E-state index contributed by atoms with van der Waals surface area (Å²) in [5.41, 5.74) is 0. The fraction of sp³-hybridized carbons (Fsp3) is 0.571. The zero-order valence-electron chi connectivity index (χ0n) is 12.5. The Morgan fingerprint density at radius 3 is 2.38 bits per heavy atom. The van der Waals surface area contributed by atoms with E-state index in [9.17, 15) is 9.59 Å². The van der Waals surface area contributed by atoms with Crippen molar-refractivity contribution in [2.45, 2.75) is 13.8 Å². The van der Waals surface area contributed by atoms with Crippen LogP contribution >= 0.6 is 0 Å². The summed E-state index contributed by atoms with van der Waals surface area (Å²) in [6, 6.07) is 1.78. The minimum atomic E-state index is -0.107. The van der Waals surface area contributed by atoms with Crippen LogP contribution in [0.2, 0.25) is 0 Å². The van der Waals surface area contributed by atoms with Gasteiger partial charge in [0, 0.05) is 44.5 Å². The first-order valence-electron chi connectivity index (χ1n) is 7.15. The number of nitrogens with one attached hydrogen (secondary N) is 1. The van der Waals surface area contributed by atoms with Crippen LogP contribution in [-0.4, -0.2) is 59.4 Å². The molecule has 0 spiro atoms. The SMILES string of the molecule is CC(C)C(=O)NCC(=O)N1CCN(c2ncccn2)CC1. The molecular formula is C14H21N5O2. The molecule has 0 saturated carbocycles. The monoisotopic (exact) mass is 291 g/mol. The first-order valence-corrected chi connectivity index (χ1v) is 7.15. The molecule has 114 valence electrons. The standard InChI is InChI=1S/C14H21N5O2/c1-11(2)13(21)17-10-12(20)18-6-8-19(9-7-18)14-15-4-3-5-16-14/h3-5,11H,6-10H2,1-2H3,(H,17,21). The van der Waals surface area contributed by atoms with Crippen molar-refractivity contribution in [1.29, 1.82) is 0 Å². The minimum Gasteiger partial charge on any atom is -0.347 e. The van der Waals surface area contributed by atoms with Crippen LogP contribution < -0.4 is 10.2 Å². The van der Waals surface area contributed by atoms with Gasteiger partial charge in [-0.15, -0.1) is 0 Å². The second-order valence-corrected chi connectivity index (χ2v) is 5.29. The molecule has 1 aromatic heterocycles. The third-order valence-corrected chi connectivity index (χ3v) is 3.41. The van der Waals surface area contributed by atoms with E-state index < -0.39 is 0 Å². The zero-order chi connectivity index (χ0) is 15.2. The molecule has 1 aliphatic heterocycles. The molecule has 1 N–H and O–H groups in total. The lowest BCUT2D eigenvalue weighted by atomic mass is 10.2. The molecule has 7 heteroatoms. The molecular weight excluding hydrogens is 270 g/mol. The van der Waals surface area contributed by atoms with Gasteiger partial charge in [0.25, 0.3) is 0 Å². The van der Waals surface area contributed by atoms with E-state index >= 15 is 0 Å². The highest BCUT2D eigenvalue weighted by atomic mass is 16.2. The van der Waals surface area contributed by atoms with E-state index in [2.05, 4.69) is 20.2 Å². The predicted octanol–water partition coefficient (Wildman–Crippen LogP) is -0.103. The Bertz CT molecular complexity index is 483. The number of piperazine rings is 1. The molecule has 1 fully saturated rings. The highest BCUT2D eigenvalue weighted by molar-refractivity contribution is 5.85. The average Bonchev–Trinajstić information content (AvgIpc) is 2.53. The molecule has 2 rings (SSSR count). The number of nitrogens with zero attached hydrogens (tertiary/aromatic N) is 4. The maximum atomic E-state index is 12.0. The second-order valence-electron chi connectivity index (χ2n) is 5.29. The van der Waals surface area contributed by atoms with Gasteiger partial charge in [0.1, 0.15) is 0 Å². The lowest BCUT2D eigenvalue weighted by Gasteiger charge is -2.34.